The quantitative estimate of drug-likeness (QED) is 0.136. The van der Waals surface area contributed by atoms with Gasteiger partial charge in [-0.15, -0.1) is 4.40 Å². The highest BCUT2D eigenvalue weighted by Crippen LogP contribution is 2.56. The maximum atomic E-state index is 13.6. The fraction of sp³-hybridized carbons (Fsp3) is 0.192. The van der Waals surface area contributed by atoms with Crippen LogP contribution in [0.4, 0.5) is 17.1 Å². The fourth-order valence-electron chi connectivity index (χ4n) is 4.40. The summed E-state index contributed by atoms with van der Waals surface area (Å²) in [5, 5.41) is 25.3. The summed E-state index contributed by atoms with van der Waals surface area (Å²) in [4.78, 5) is 27.7. The van der Waals surface area contributed by atoms with Crippen LogP contribution in [0.25, 0.3) is 11.0 Å². The molecule has 0 radical (unpaired) electrons. The number of pyridine rings is 2. The number of sulfonamides is 1. The second-order valence-corrected chi connectivity index (χ2v) is 13.2. The van der Waals surface area contributed by atoms with Gasteiger partial charge in [0.1, 0.15) is 21.9 Å². The zero-order valence-corrected chi connectivity index (χ0v) is 23.9. The molecule has 3 heterocycles. The highest BCUT2D eigenvalue weighted by Gasteiger charge is 2.31. The van der Waals surface area contributed by atoms with Crippen LogP contribution in [-0.2, 0) is 16.6 Å². The summed E-state index contributed by atoms with van der Waals surface area (Å²) in [7, 11) is -8.28. The minimum absolute atomic E-state index is 0.0728. The first-order valence-corrected chi connectivity index (χ1v) is 15.5. The Kier molecular flexibility index (Phi) is 7.40. The molecule has 0 saturated carbocycles. The third-order valence-corrected chi connectivity index (χ3v) is 9.24. The Labute approximate surface area is 241 Å². The molecule has 14 nitrogen and oxygen atoms in total. The van der Waals surface area contributed by atoms with Crippen molar-refractivity contribution in [1.29, 1.82) is 0 Å². The van der Waals surface area contributed by atoms with E-state index in [1.54, 1.807) is 12.1 Å². The Morgan fingerprint density at radius 3 is 2.62 bits per heavy atom. The summed E-state index contributed by atoms with van der Waals surface area (Å²) in [5.41, 5.74) is -1.02. The molecule has 5 rings (SSSR count). The molecule has 0 atom stereocenters. The first-order valence-electron chi connectivity index (χ1n) is 12.6. The van der Waals surface area contributed by atoms with Crippen LogP contribution in [0.2, 0.25) is 0 Å². The lowest BCUT2D eigenvalue weighted by Crippen LogP contribution is -2.32. The Morgan fingerprint density at radius 2 is 1.90 bits per heavy atom. The highest BCUT2D eigenvalue weighted by molar-refractivity contribution is 8.23. The van der Waals surface area contributed by atoms with Crippen molar-refractivity contribution in [2.45, 2.75) is 36.6 Å². The van der Waals surface area contributed by atoms with Gasteiger partial charge >= 0.3 is 0 Å². The normalized spacial score (nSPS) is 15.0. The zero-order valence-electron chi connectivity index (χ0n) is 22.3. The second-order valence-electron chi connectivity index (χ2n) is 9.89. The van der Waals surface area contributed by atoms with Gasteiger partial charge in [-0.2, -0.15) is 0 Å². The van der Waals surface area contributed by atoms with Gasteiger partial charge in [0.25, 0.3) is 21.3 Å². The van der Waals surface area contributed by atoms with Crippen LogP contribution < -0.4 is 15.6 Å². The first-order chi connectivity index (χ1) is 19.8. The van der Waals surface area contributed by atoms with Gasteiger partial charge in [-0.3, -0.25) is 33.3 Å². The monoisotopic (exact) mass is 614 g/mol. The molecule has 0 spiro atoms. The smallest absolute Gasteiger partial charge is 0.270 e. The number of aromatic hydroxyl groups is 1. The number of hydrogen-bond acceptors (Lipinski definition) is 11. The SMILES string of the molecule is CC(C)CCn1c(=O)c(C2=NS(O)(O)c3cc(NS(=O)(=O)c4cccc([N+](=O)[O-])c4)ccc3N2)c(O)c2cccnc21. The van der Waals surface area contributed by atoms with E-state index in [0.717, 1.165) is 18.2 Å². The number of nitrogens with zero attached hydrogens (tertiary/aromatic N) is 4. The summed E-state index contributed by atoms with van der Waals surface area (Å²) >= 11 is 0. The minimum atomic E-state index is -4.28. The van der Waals surface area contributed by atoms with Crippen molar-refractivity contribution >= 4 is 54.7 Å². The predicted octanol–water partition coefficient (Wildman–Crippen LogP) is 4.75. The van der Waals surface area contributed by atoms with Crippen LogP contribution >= 0.6 is 10.8 Å². The molecule has 5 N–H and O–H groups in total. The van der Waals surface area contributed by atoms with Crippen molar-refractivity contribution in [2.75, 3.05) is 10.0 Å². The molecule has 1 aliphatic heterocycles. The molecular formula is C26H26N6O8S2. The molecule has 42 heavy (non-hydrogen) atoms. The van der Waals surface area contributed by atoms with E-state index >= 15 is 0 Å². The molecule has 0 bridgehead atoms. The maximum absolute atomic E-state index is 13.6. The Balaban J connectivity index is 1.54. The van der Waals surface area contributed by atoms with Crippen LogP contribution in [-0.4, -0.2) is 42.9 Å². The van der Waals surface area contributed by atoms with E-state index in [1.165, 1.54) is 35.0 Å². The summed E-state index contributed by atoms with van der Waals surface area (Å²) in [6.45, 7) is 4.30. The molecule has 16 heteroatoms. The highest BCUT2D eigenvalue weighted by atomic mass is 32.3. The Hall–Kier alpha value is -4.51. The summed E-state index contributed by atoms with van der Waals surface area (Å²) < 4.78 is 55.4. The fourth-order valence-corrected chi connectivity index (χ4v) is 6.68. The number of nitrogens with one attached hydrogen (secondary N) is 2. The molecule has 0 aliphatic carbocycles. The van der Waals surface area contributed by atoms with Crippen LogP contribution in [0.15, 0.2) is 79.8 Å². The number of nitro groups is 1. The first kappa shape index (κ1) is 29.0. The van der Waals surface area contributed by atoms with Crippen molar-refractivity contribution in [3.8, 4) is 5.75 Å². The van der Waals surface area contributed by atoms with Crippen molar-refractivity contribution < 1.29 is 27.6 Å². The molecule has 2 aromatic heterocycles. The van der Waals surface area contributed by atoms with E-state index in [9.17, 15) is 37.5 Å². The van der Waals surface area contributed by atoms with Crippen LogP contribution in [0.5, 0.6) is 5.75 Å². The third-order valence-electron chi connectivity index (χ3n) is 6.50. The van der Waals surface area contributed by atoms with E-state index in [-0.39, 0.29) is 49.5 Å². The molecule has 0 unspecified atom stereocenters. The number of aromatic nitrogens is 2. The van der Waals surface area contributed by atoms with Gasteiger partial charge in [0.2, 0.25) is 0 Å². The molecule has 2 aromatic carbocycles. The molecular weight excluding hydrogens is 588 g/mol. The van der Waals surface area contributed by atoms with E-state index in [4.69, 9.17) is 0 Å². The van der Waals surface area contributed by atoms with Crippen molar-refractivity contribution in [3.63, 3.8) is 0 Å². The number of anilines is 2. The topological polar surface area (TPSA) is 209 Å². The minimum Gasteiger partial charge on any atom is -0.506 e. The van der Waals surface area contributed by atoms with Gasteiger partial charge < -0.3 is 10.4 Å². The van der Waals surface area contributed by atoms with Gasteiger partial charge in [-0.1, -0.05) is 30.7 Å². The van der Waals surface area contributed by atoms with E-state index < -0.39 is 42.7 Å². The maximum Gasteiger partial charge on any atom is 0.270 e. The second kappa shape index (κ2) is 10.7. The van der Waals surface area contributed by atoms with Gasteiger partial charge in [0.05, 0.1) is 26.6 Å². The number of non-ortho nitro benzene ring substituents is 1. The summed E-state index contributed by atoms with van der Waals surface area (Å²) in [5.74, 6) is -0.449. The Morgan fingerprint density at radius 1 is 1.14 bits per heavy atom. The lowest BCUT2D eigenvalue weighted by atomic mass is 10.1. The molecule has 0 saturated heterocycles. The van der Waals surface area contributed by atoms with Crippen molar-refractivity contribution in [2.24, 2.45) is 10.3 Å². The predicted molar refractivity (Wildman–Crippen MR) is 159 cm³/mol. The van der Waals surface area contributed by atoms with E-state index in [0.29, 0.717) is 13.0 Å². The van der Waals surface area contributed by atoms with Crippen LogP contribution in [0.3, 0.4) is 0 Å². The third kappa shape index (κ3) is 5.39. The molecule has 1 aliphatic rings. The van der Waals surface area contributed by atoms with Gasteiger partial charge in [0.15, 0.2) is 5.84 Å². The average Bonchev–Trinajstić information content (AvgIpc) is 2.93. The largest absolute Gasteiger partial charge is 0.506 e. The van der Waals surface area contributed by atoms with Crippen LogP contribution in [0.1, 0.15) is 25.8 Å². The molecule has 220 valence electrons. The molecule has 4 aromatic rings. The van der Waals surface area contributed by atoms with E-state index in [1.807, 2.05) is 13.8 Å². The standard InChI is InChI=1S/C26H26N6O8S2/c1-15(2)10-12-31-25-19(7-4-11-27-25)23(33)22(26(31)34)24-28-20-9-8-16(13-21(20)42(39,40)30-24)29-41(37,38)18-6-3-5-17(14-18)32(35)36/h3-9,11,13-15,29,33,39-40H,10,12H2,1-2H3,(H,28,30). The molecule has 0 fully saturated rings. The average molecular weight is 615 g/mol. The van der Waals surface area contributed by atoms with E-state index in [2.05, 4.69) is 19.4 Å². The molecule has 0 amide bonds. The van der Waals surface area contributed by atoms with Crippen molar-refractivity contribution in [3.05, 3.63) is 86.8 Å². The lowest BCUT2D eigenvalue weighted by molar-refractivity contribution is -0.385. The lowest BCUT2D eigenvalue weighted by Gasteiger charge is -2.34. The number of nitro benzene ring substituents is 1. The number of hydrogen-bond donors (Lipinski definition) is 5. The van der Waals surface area contributed by atoms with Crippen LogP contribution in [0, 0.1) is 16.0 Å². The number of rotatable bonds is 8. The Bertz CT molecular complexity index is 1940. The number of fused-ring (bicyclic) bond motifs is 2. The van der Waals surface area contributed by atoms with Crippen molar-refractivity contribution in [1.82, 2.24) is 9.55 Å². The zero-order chi connectivity index (χ0) is 30.4. The van der Waals surface area contributed by atoms with Gasteiger partial charge in [0, 0.05) is 24.9 Å². The number of aryl methyl sites for hydroxylation is 1. The number of benzene rings is 2. The summed E-state index contributed by atoms with van der Waals surface area (Å²) in [6, 6.07) is 11.5. The number of amidine groups is 1. The summed E-state index contributed by atoms with van der Waals surface area (Å²) in [6.07, 6.45) is 2.14. The van der Waals surface area contributed by atoms with Gasteiger partial charge in [-0.25, -0.2) is 13.4 Å². The van der Waals surface area contributed by atoms with Gasteiger partial charge in [-0.05, 0) is 48.7 Å².